The van der Waals surface area contributed by atoms with Crippen LogP contribution in [0.5, 0.6) is 5.75 Å². The average molecular weight is 362 g/mol. The number of halogens is 2. The van der Waals surface area contributed by atoms with Crippen LogP contribution in [0, 0.1) is 0 Å². The first-order valence-electron chi connectivity index (χ1n) is 7.80. The summed E-state index contributed by atoms with van der Waals surface area (Å²) in [6, 6.07) is -0.583. The van der Waals surface area contributed by atoms with Crippen molar-refractivity contribution in [2.45, 2.75) is 4.90 Å². The lowest BCUT2D eigenvalue weighted by Crippen LogP contribution is -2.30. The maximum absolute atomic E-state index is 12.8. The van der Waals surface area contributed by atoms with Crippen LogP contribution in [0.15, 0.2) is 41.2 Å². The predicted octanol–water partition coefficient (Wildman–Crippen LogP) is 3.09. The molecule has 0 saturated heterocycles. The van der Waals surface area contributed by atoms with Gasteiger partial charge in [0.2, 0.25) is 0 Å². The molecule has 0 spiro atoms. The van der Waals surface area contributed by atoms with Gasteiger partial charge in [-0.25, -0.2) is 8.42 Å². The predicted molar refractivity (Wildman–Crippen MR) is 83.4 cm³/mol. The highest BCUT2D eigenvalue weighted by molar-refractivity contribution is 7.92. The number of nitrogens with zero attached hydrogens (tertiary/aromatic N) is 1. The molecule has 0 bridgehead atoms. The number of aromatic hydroxyl groups is 1. The fourth-order valence-electron chi connectivity index (χ4n) is 2.01. The molecule has 1 amide bonds. The molecule has 22 heavy (non-hydrogen) atoms. The highest BCUT2D eigenvalue weighted by Gasteiger charge is 2.36. The number of rotatable bonds is 1. The van der Waals surface area contributed by atoms with Crippen molar-refractivity contribution in [2.75, 3.05) is 10.8 Å². The smallest absolute Gasteiger partial charge is 0.259 e. The number of phenols is 1. The first-order chi connectivity index (χ1) is 12.0. The quantitative estimate of drug-likeness (QED) is 0.846. The number of carbonyl (C=O) groups excluding carboxylic acids is 1. The molecule has 2 aromatic rings. The summed E-state index contributed by atoms with van der Waals surface area (Å²) < 4.78 is 55.9. The average Bonchev–Trinajstić information content (AvgIpc) is 2.86. The van der Waals surface area contributed by atoms with Crippen LogP contribution in [-0.2, 0) is 9.84 Å². The third-order valence-corrected chi connectivity index (χ3v) is 5.12. The Morgan fingerprint density at radius 3 is 2.45 bits per heavy atom. The third kappa shape index (κ3) is 2.33. The van der Waals surface area contributed by atoms with Gasteiger partial charge in [0.1, 0.15) is 5.88 Å². The van der Waals surface area contributed by atoms with Crippen LogP contribution < -0.4 is 4.90 Å². The summed E-state index contributed by atoms with van der Waals surface area (Å²) in [4.78, 5) is 12.9. The number of amides is 1. The Balaban J connectivity index is 2.24. The maximum Gasteiger partial charge on any atom is 0.259 e. The van der Waals surface area contributed by atoms with Crippen molar-refractivity contribution in [1.29, 1.82) is 0 Å². The lowest BCUT2D eigenvalue weighted by Gasteiger charge is -2.16. The Hall–Kier alpha value is -1.76. The van der Waals surface area contributed by atoms with E-state index in [1.165, 1.54) is 0 Å². The topological polar surface area (TPSA) is 74.7 Å². The van der Waals surface area contributed by atoms with E-state index in [9.17, 15) is 18.3 Å². The minimum absolute atomic E-state index is 0.145. The van der Waals surface area contributed by atoms with Crippen LogP contribution in [0.1, 0.15) is 15.8 Å². The number of benzene rings is 2. The van der Waals surface area contributed by atoms with Crippen molar-refractivity contribution >= 4 is 44.6 Å². The van der Waals surface area contributed by atoms with Crippen molar-refractivity contribution < 1.29 is 23.8 Å². The molecule has 5 nitrogen and oxygen atoms in total. The fourth-order valence-corrected chi connectivity index (χ4v) is 3.88. The fraction of sp³-hybridized carbons (Fsp3) is 0.0714. The summed E-state index contributed by atoms with van der Waals surface area (Å²) in [5.41, 5.74) is -0.574. The van der Waals surface area contributed by atoms with Gasteiger partial charge in [0, 0.05) is 5.56 Å². The molecule has 1 N–H and O–H groups in total. The molecule has 1 aliphatic rings. The van der Waals surface area contributed by atoms with Crippen LogP contribution in [0.4, 0.5) is 5.69 Å². The monoisotopic (exact) mass is 361 g/mol. The van der Waals surface area contributed by atoms with Crippen molar-refractivity contribution in [1.82, 2.24) is 0 Å². The lowest BCUT2D eigenvalue weighted by molar-refractivity contribution is 0.0991. The molecule has 0 unspecified atom stereocenters. The number of hydrogen-bond donors (Lipinski definition) is 1. The Morgan fingerprint density at radius 2 is 1.82 bits per heavy atom. The van der Waals surface area contributed by atoms with Gasteiger partial charge in [0.05, 0.1) is 26.1 Å². The van der Waals surface area contributed by atoms with Crippen LogP contribution in [-0.4, -0.2) is 25.3 Å². The minimum atomic E-state index is -4.15. The third-order valence-electron chi connectivity index (χ3n) is 3.02. The molecule has 3 rings (SSSR count). The highest BCUT2D eigenvalue weighted by atomic mass is 35.5. The molecule has 114 valence electrons. The summed E-state index contributed by atoms with van der Waals surface area (Å²) >= 11 is 11.6. The van der Waals surface area contributed by atoms with Crippen LogP contribution >= 0.6 is 23.2 Å². The van der Waals surface area contributed by atoms with Gasteiger partial charge in [-0.15, -0.1) is 0 Å². The minimum Gasteiger partial charge on any atom is -0.505 e. The molecule has 0 radical (unpaired) electrons. The van der Waals surface area contributed by atoms with E-state index in [4.69, 9.17) is 28.7 Å². The molecule has 0 aliphatic carbocycles. The van der Waals surface area contributed by atoms with Crippen molar-refractivity contribution in [3.8, 4) is 5.75 Å². The first kappa shape index (κ1) is 10.9. The normalized spacial score (nSPS) is 18.2. The number of fused-ring (bicyclic) bond motifs is 1. The summed E-state index contributed by atoms with van der Waals surface area (Å²) in [7, 11) is -4.15. The lowest BCUT2D eigenvalue weighted by atomic mass is 10.1. The number of carbonyl (C=O) groups is 1. The largest absolute Gasteiger partial charge is 0.505 e. The van der Waals surface area contributed by atoms with Gasteiger partial charge in [-0.1, -0.05) is 35.3 Å². The molecule has 0 atom stereocenters. The van der Waals surface area contributed by atoms with Crippen LogP contribution in [0.3, 0.4) is 0 Å². The zero-order valence-corrected chi connectivity index (χ0v) is 13.0. The van der Waals surface area contributed by atoms with Crippen molar-refractivity contribution in [3.05, 3.63) is 51.9 Å². The zero-order valence-electron chi connectivity index (χ0n) is 14.6. The Kier molecular flexibility index (Phi) is 2.55. The van der Waals surface area contributed by atoms with E-state index < -0.39 is 62.1 Å². The second-order valence-corrected chi connectivity index (χ2v) is 7.15. The molecular formula is C14H9Cl2NO4S. The number of para-hydroxylation sites is 1. The molecular weight excluding hydrogens is 349 g/mol. The summed E-state index contributed by atoms with van der Waals surface area (Å²) in [5, 5.41) is 9.13. The molecule has 1 aliphatic heterocycles. The summed E-state index contributed by atoms with van der Waals surface area (Å²) in [5.74, 6) is -2.18. The van der Waals surface area contributed by atoms with Crippen molar-refractivity contribution in [3.63, 3.8) is 0 Å². The van der Waals surface area contributed by atoms with E-state index >= 15 is 0 Å². The second kappa shape index (κ2) is 5.15. The van der Waals surface area contributed by atoms with E-state index in [1.807, 2.05) is 0 Å². The van der Waals surface area contributed by atoms with E-state index in [0.717, 1.165) is 17.0 Å². The highest BCUT2D eigenvalue weighted by Crippen LogP contribution is 2.37. The Morgan fingerprint density at radius 1 is 1.23 bits per heavy atom. The number of phenolic OH excluding ortho intramolecular Hbond substituents is 1. The zero-order chi connectivity index (χ0) is 19.5. The van der Waals surface area contributed by atoms with Crippen LogP contribution in [0.25, 0.3) is 0 Å². The van der Waals surface area contributed by atoms with Gasteiger partial charge < -0.3 is 5.11 Å². The van der Waals surface area contributed by atoms with Gasteiger partial charge in [0.15, 0.2) is 15.6 Å². The molecule has 0 fully saturated rings. The Bertz CT molecular complexity index is 1070. The molecule has 8 heteroatoms. The Labute approximate surface area is 142 Å². The van der Waals surface area contributed by atoms with E-state index in [-0.39, 0.29) is 15.6 Å². The van der Waals surface area contributed by atoms with Gasteiger partial charge in [-0.2, -0.15) is 0 Å². The number of hydrogen-bond acceptors (Lipinski definition) is 4. The molecule has 2 aromatic carbocycles. The first-order valence-corrected chi connectivity index (χ1v) is 8.21. The van der Waals surface area contributed by atoms with Gasteiger partial charge in [-0.3, -0.25) is 9.69 Å². The summed E-state index contributed by atoms with van der Waals surface area (Å²) in [6.07, 6.45) is 0. The SMILES string of the molecule is [2H]c1c([2H])c([2H])c2c(c1[2H])N(C(=O)c1cc(Cl)c(O)c(Cl)c1)CS2(=O)=O. The standard InChI is InChI=1S/C14H9Cl2NO4S/c15-9-5-8(6-10(16)13(9)18)14(19)17-7-22(20,21)12-4-2-1-3-11(12)17/h1-6,18H,7H2/i1D,2D,3D,4D. The van der Waals surface area contributed by atoms with Crippen LogP contribution in [0.2, 0.25) is 10.0 Å². The summed E-state index contributed by atoms with van der Waals surface area (Å²) in [6.45, 7) is 0. The number of sulfone groups is 1. The maximum atomic E-state index is 12.8. The molecule has 0 saturated carbocycles. The van der Waals surface area contributed by atoms with Crippen molar-refractivity contribution in [2.24, 2.45) is 0 Å². The van der Waals surface area contributed by atoms with E-state index in [0.29, 0.717) is 0 Å². The molecule has 0 aromatic heterocycles. The van der Waals surface area contributed by atoms with Gasteiger partial charge >= 0.3 is 0 Å². The van der Waals surface area contributed by atoms with Gasteiger partial charge in [-0.05, 0) is 24.2 Å². The van der Waals surface area contributed by atoms with E-state index in [2.05, 4.69) is 0 Å². The number of anilines is 1. The second-order valence-electron chi connectivity index (χ2n) is 4.44. The molecule has 1 heterocycles. The van der Waals surface area contributed by atoms with Gasteiger partial charge in [0.25, 0.3) is 5.91 Å². The van der Waals surface area contributed by atoms with E-state index in [1.54, 1.807) is 0 Å².